The van der Waals surface area contributed by atoms with E-state index in [0.29, 0.717) is 24.6 Å². The van der Waals surface area contributed by atoms with Crippen molar-refractivity contribution in [1.82, 2.24) is 4.31 Å². The topological polar surface area (TPSA) is 72.6 Å². The van der Waals surface area contributed by atoms with E-state index in [-0.39, 0.29) is 18.4 Å². The molecule has 1 unspecified atom stereocenters. The van der Waals surface area contributed by atoms with Crippen molar-refractivity contribution in [3.8, 4) is 0 Å². The molecule has 1 aliphatic heterocycles. The van der Waals surface area contributed by atoms with Crippen LogP contribution in [-0.4, -0.2) is 45.6 Å². The van der Waals surface area contributed by atoms with Crippen LogP contribution in [0.2, 0.25) is 0 Å². The molecule has 2 rings (SSSR count). The smallest absolute Gasteiger partial charge is 0.243 e. The number of hydrogen-bond acceptors (Lipinski definition) is 4. The van der Waals surface area contributed by atoms with Crippen molar-refractivity contribution in [1.29, 1.82) is 0 Å². The lowest BCUT2D eigenvalue weighted by Crippen LogP contribution is -2.45. The van der Waals surface area contributed by atoms with Gasteiger partial charge in [0.1, 0.15) is 0 Å². The minimum absolute atomic E-state index is 0. The summed E-state index contributed by atoms with van der Waals surface area (Å²) < 4.78 is 31.5. The molecular formula is C14H23ClN2O3S. The summed E-state index contributed by atoms with van der Waals surface area (Å²) in [6, 6.07) is 6.96. The van der Waals surface area contributed by atoms with Crippen LogP contribution in [0, 0.1) is 0 Å². The predicted molar refractivity (Wildman–Crippen MR) is 85.2 cm³/mol. The molecule has 0 spiro atoms. The summed E-state index contributed by atoms with van der Waals surface area (Å²) in [5, 5.41) is 0. The summed E-state index contributed by atoms with van der Waals surface area (Å²) in [5.41, 5.74) is 6.93. The van der Waals surface area contributed by atoms with Crippen molar-refractivity contribution in [3.05, 3.63) is 29.8 Å². The van der Waals surface area contributed by atoms with Gasteiger partial charge in [0, 0.05) is 26.2 Å². The molecule has 0 saturated carbocycles. The minimum Gasteiger partial charge on any atom is -0.384 e. The maximum absolute atomic E-state index is 12.5. The normalized spacial score (nSPS) is 20.0. The summed E-state index contributed by atoms with van der Waals surface area (Å²) >= 11 is 0. The highest BCUT2D eigenvalue weighted by molar-refractivity contribution is 7.89. The van der Waals surface area contributed by atoms with Crippen molar-refractivity contribution in [2.24, 2.45) is 5.73 Å². The van der Waals surface area contributed by atoms with E-state index in [0.717, 1.165) is 24.8 Å². The van der Waals surface area contributed by atoms with Gasteiger partial charge in [-0.05, 0) is 37.0 Å². The van der Waals surface area contributed by atoms with E-state index >= 15 is 0 Å². The zero-order chi connectivity index (χ0) is 14.6. The Bertz CT molecular complexity index is 534. The highest BCUT2D eigenvalue weighted by atomic mass is 35.5. The lowest BCUT2D eigenvalue weighted by atomic mass is 10.1. The fraction of sp³-hybridized carbons (Fsp3) is 0.571. The fourth-order valence-corrected chi connectivity index (χ4v) is 3.92. The summed E-state index contributed by atoms with van der Waals surface area (Å²) in [6.07, 6.45) is 2.50. The Morgan fingerprint density at radius 2 is 2.00 bits per heavy atom. The summed E-state index contributed by atoms with van der Waals surface area (Å²) in [6.45, 7) is 1.60. The molecule has 0 bridgehead atoms. The van der Waals surface area contributed by atoms with E-state index in [2.05, 4.69) is 0 Å². The molecule has 0 aliphatic carbocycles. The van der Waals surface area contributed by atoms with Crippen LogP contribution in [0.5, 0.6) is 0 Å². The molecule has 1 saturated heterocycles. The lowest BCUT2D eigenvalue weighted by Gasteiger charge is -2.29. The van der Waals surface area contributed by atoms with E-state index in [1.54, 1.807) is 19.2 Å². The Morgan fingerprint density at radius 3 is 2.57 bits per heavy atom. The molecule has 0 amide bonds. The second kappa shape index (κ2) is 8.10. The van der Waals surface area contributed by atoms with E-state index in [9.17, 15) is 8.42 Å². The summed E-state index contributed by atoms with van der Waals surface area (Å²) in [7, 11) is -1.76. The zero-order valence-corrected chi connectivity index (χ0v) is 13.8. The Morgan fingerprint density at radius 1 is 1.33 bits per heavy atom. The van der Waals surface area contributed by atoms with E-state index in [4.69, 9.17) is 10.5 Å². The number of halogens is 1. The van der Waals surface area contributed by atoms with Gasteiger partial charge < -0.3 is 10.5 Å². The largest absolute Gasteiger partial charge is 0.384 e. The third-order valence-electron chi connectivity index (χ3n) is 3.58. The van der Waals surface area contributed by atoms with Gasteiger partial charge in [-0.15, -0.1) is 12.4 Å². The van der Waals surface area contributed by atoms with Crippen LogP contribution in [0.25, 0.3) is 0 Å². The molecular weight excluding hydrogens is 312 g/mol. The van der Waals surface area contributed by atoms with Crippen LogP contribution in [0.3, 0.4) is 0 Å². The van der Waals surface area contributed by atoms with Crippen molar-refractivity contribution < 1.29 is 13.2 Å². The van der Waals surface area contributed by atoms with Crippen LogP contribution in [0.4, 0.5) is 0 Å². The SMILES string of the molecule is COCCc1ccc(S(=O)(=O)N2CCCC(N)C2)cc1.Cl. The van der Waals surface area contributed by atoms with Crippen molar-refractivity contribution in [2.45, 2.75) is 30.2 Å². The number of nitrogens with zero attached hydrogens (tertiary/aromatic N) is 1. The predicted octanol–water partition coefficient (Wildman–Crippen LogP) is 1.41. The molecule has 1 atom stereocenters. The molecule has 1 heterocycles. The second-order valence-corrected chi connectivity index (χ2v) is 7.09. The Kier molecular flexibility index (Phi) is 7.09. The van der Waals surface area contributed by atoms with Gasteiger partial charge in [-0.1, -0.05) is 12.1 Å². The molecule has 7 heteroatoms. The number of benzene rings is 1. The van der Waals surface area contributed by atoms with Gasteiger partial charge in [0.25, 0.3) is 0 Å². The third kappa shape index (κ3) is 4.66. The molecule has 1 aromatic rings. The molecule has 120 valence electrons. The molecule has 0 radical (unpaired) electrons. The van der Waals surface area contributed by atoms with Crippen molar-refractivity contribution in [2.75, 3.05) is 26.8 Å². The number of hydrogen-bond donors (Lipinski definition) is 1. The van der Waals surface area contributed by atoms with Gasteiger partial charge in [0.15, 0.2) is 0 Å². The highest BCUT2D eigenvalue weighted by Gasteiger charge is 2.28. The third-order valence-corrected chi connectivity index (χ3v) is 5.46. The standard InChI is InChI=1S/C14H22N2O3S.ClH/c1-19-10-8-12-4-6-14(7-5-12)20(17,18)16-9-2-3-13(15)11-16;/h4-7,13H,2-3,8-11,15H2,1H3;1H. The average Bonchev–Trinajstić information content (AvgIpc) is 2.45. The van der Waals surface area contributed by atoms with Crippen LogP contribution < -0.4 is 5.73 Å². The number of nitrogens with two attached hydrogens (primary N) is 1. The number of rotatable bonds is 5. The van der Waals surface area contributed by atoms with Gasteiger partial charge in [-0.2, -0.15) is 4.31 Å². The Hall–Kier alpha value is -0.660. The van der Waals surface area contributed by atoms with E-state index in [1.807, 2.05) is 12.1 Å². The number of methoxy groups -OCH3 is 1. The number of ether oxygens (including phenoxy) is 1. The van der Waals surface area contributed by atoms with Gasteiger partial charge in [-0.3, -0.25) is 0 Å². The van der Waals surface area contributed by atoms with Gasteiger partial charge in [0.05, 0.1) is 11.5 Å². The number of sulfonamides is 1. The van der Waals surface area contributed by atoms with Crippen molar-refractivity contribution in [3.63, 3.8) is 0 Å². The Balaban J connectivity index is 0.00000220. The van der Waals surface area contributed by atoms with Crippen molar-refractivity contribution >= 4 is 22.4 Å². The zero-order valence-electron chi connectivity index (χ0n) is 12.2. The minimum atomic E-state index is -3.41. The first-order valence-electron chi connectivity index (χ1n) is 6.87. The molecule has 2 N–H and O–H groups in total. The van der Waals surface area contributed by atoms with Crippen LogP contribution >= 0.6 is 12.4 Å². The molecule has 1 aliphatic rings. The number of piperidine rings is 1. The van der Waals surface area contributed by atoms with Crippen LogP contribution in [0.15, 0.2) is 29.2 Å². The molecule has 0 aromatic heterocycles. The molecule has 1 fully saturated rings. The van der Waals surface area contributed by atoms with E-state index in [1.165, 1.54) is 4.31 Å². The first kappa shape index (κ1) is 18.4. The monoisotopic (exact) mass is 334 g/mol. The van der Waals surface area contributed by atoms with Crippen LogP contribution in [0.1, 0.15) is 18.4 Å². The van der Waals surface area contributed by atoms with E-state index < -0.39 is 10.0 Å². The van der Waals surface area contributed by atoms with Gasteiger partial charge in [-0.25, -0.2) is 8.42 Å². The second-order valence-electron chi connectivity index (χ2n) is 5.15. The fourth-order valence-electron chi connectivity index (χ4n) is 2.39. The summed E-state index contributed by atoms with van der Waals surface area (Å²) in [4.78, 5) is 0.341. The first-order chi connectivity index (χ1) is 9.54. The quantitative estimate of drug-likeness (QED) is 0.883. The molecule has 1 aromatic carbocycles. The first-order valence-corrected chi connectivity index (χ1v) is 8.31. The average molecular weight is 335 g/mol. The van der Waals surface area contributed by atoms with Gasteiger partial charge in [0.2, 0.25) is 10.0 Å². The Labute approximate surface area is 132 Å². The maximum Gasteiger partial charge on any atom is 0.243 e. The van der Waals surface area contributed by atoms with Crippen LogP contribution in [-0.2, 0) is 21.2 Å². The maximum atomic E-state index is 12.5. The van der Waals surface area contributed by atoms with Gasteiger partial charge >= 0.3 is 0 Å². The molecule has 21 heavy (non-hydrogen) atoms. The highest BCUT2D eigenvalue weighted by Crippen LogP contribution is 2.20. The summed E-state index contributed by atoms with van der Waals surface area (Å²) in [5.74, 6) is 0. The lowest BCUT2D eigenvalue weighted by molar-refractivity contribution is 0.202. The molecule has 5 nitrogen and oxygen atoms in total.